The minimum absolute atomic E-state index is 0.0828. The predicted molar refractivity (Wildman–Crippen MR) is 119 cm³/mol. The number of amides is 2. The van der Waals surface area contributed by atoms with Crippen LogP contribution in [0.5, 0.6) is 11.5 Å². The van der Waals surface area contributed by atoms with Gasteiger partial charge >= 0.3 is 6.61 Å². The Morgan fingerprint density at radius 1 is 1.28 bits per heavy atom. The Labute approximate surface area is 189 Å². The van der Waals surface area contributed by atoms with Gasteiger partial charge in [-0.2, -0.15) is 8.78 Å². The maximum atomic E-state index is 13.0. The summed E-state index contributed by atoms with van der Waals surface area (Å²) >= 11 is 1.71. The summed E-state index contributed by atoms with van der Waals surface area (Å²) < 4.78 is 34.4. The van der Waals surface area contributed by atoms with Gasteiger partial charge < -0.3 is 19.7 Å². The molecule has 2 aromatic rings. The van der Waals surface area contributed by atoms with Gasteiger partial charge in [-0.05, 0) is 53.6 Å². The van der Waals surface area contributed by atoms with Crippen LogP contribution < -0.4 is 14.8 Å². The smallest absolute Gasteiger partial charge is 0.387 e. The highest BCUT2D eigenvalue weighted by Crippen LogP contribution is 2.30. The first-order chi connectivity index (χ1) is 15.4. The van der Waals surface area contributed by atoms with Crippen molar-refractivity contribution < 1.29 is 27.8 Å². The zero-order chi connectivity index (χ0) is 23.1. The number of carbonyl (C=O) groups excluding carboxylic acids is 2. The summed E-state index contributed by atoms with van der Waals surface area (Å²) in [6.07, 6.45) is 4.96. The van der Waals surface area contributed by atoms with E-state index < -0.39 is 18.6 Å². The molecule has 1 aromatic carbocycles. The monoisotopic (exact) mass is 464 g/mol. The van der Waals surface area contributed by atoms with Crippen LogP contribution in [-0.4, -0.2) is 43.0 Å². The Balaban J connectivity index is 1.63. The topological polar surface area (TPSA) is 67.9 Å². The van der Waals surface area contributed by atoms with Gasteiger partial charge in [-0.15, -0.1) is 11.3 Å². The van der Waals surface area contributed by atoms with Crippen LogP contribution in [0.4, 0.5) is 8.78 Å². The number of thiophene rings is 1. The lowest BCUT2D eigenvalue weighted by molar-refractivity contribution is -0.136. The van der Waals surface area contributed by atoms with Crippen molar-refractivity contribution in [3.05, 3.63) is 51.7 Å². The van der Waals surface area contributed by atoms with Crippen molar-refractivity contribution in [3.8, 4) is 11.5 Å². The lowest BCUT2D eigenvalue weighted by atomic mass is 10.1. The van der Waals surface area contributed by atoms with Crippen LogP contribution in [-0.2, 0) is 22.6 Å². The fourth-order valence-corrected chi connectivity index (χ4v) is 4.47. The second-order valence-electron chi connectivity index (χ2n) is 7.35. The number of carbonyl (C=O) groups is 2. The van der Waals surface area contributed by atoms with E-state index in [9.17, 15) is 18.4 Å². The van der Waals surface area contributed by atoms with E-state index in [1.165, 1.54) is 47.9 Å². The Hall–Kier alpha value is -2.94. The Morgan fingerprint density at radius 3 is 2.81 bits per heavy atom. The predicted octanol–water partition coefficient (Wildman–Crippen LogP) is 4.24. The van der Waals surface area contributed by atoms with Gasteiger partial charge in [-0.3, -0.25) is 9.59 Å². The molecule has 0 spiro atoms. The molecule has 0 bridgehead atoms. The average molecular weight is 465 g/mol. The zero-order valence-electron chi connectivity index (χ0n) is 18.0. The molecule has 3 rings (SSSR count). The number of benzene rings is 1. The number of nitrogens with one attached hydrogen (secondary N) is 1. The molecule has 1 aliphatic rings. The fourth-order valence-electron chi connectivity index (χ4n) is 3.58. The van der Waals surface area contributed by atoms with E-state index in [2.05, 4.69) is 10.1 Å². The fraction of sp³-hybridized carbons (Fsp3) is 0.391. The van der Waals surface area contributed by atoms with Gasteiger partial charge in [0.2, 0.25) is 11.8 Å². The molecule has 172 valence electrons. The van der Waals surface area contributed by atoms with E-state index in [-0.39, 0.29) is 17.4 Å². The molecular formula is C23H26F2N2O4S. The molecule has 1 aliphatic heterocycles. The number of halogens is 2. The number of rotatable bonds is 9. The van der Waals surface area contributed by atoms with E-state index in [1.807, 2.05) is 18.4 Å². The van der Waals surface area contributed by atoms with Crippen molar-refractivity contribution >= 4 is 29.2 Å². The summed E-state index contributed by atoms with van der Waals surface area (Å²) in [7, 11) is 1.34. The third-order valence-corrected chi connectivity index (χ3v) is 6.17. The molecule has 2 amide bonds. The summed E-state index contributed by atoms with van der Waals surface area (Å²) in [5.41, 5.74) is 1.74. The minimum Gasteiger partial charge on any atom is -0.493 e. The van der Waals surface area contributed by atoms with Crippen LogP contribution in [0.15, 0.2) is 35.7 Å². The number of ether oxygens (including phenoxy) is 2. The van der Waals surface area contributed by atoms with Crippen molar-refractivity contribution in [3.63, 3.8) is 0 Å². The van der Waals surface area contributed by atoms with Gasteiger partial charge in [0.15, 0.2) is 11.5 Å². The number of hydrogen-bond donors (Lipinski definition) is 1. The van der Waals surface area contributed by atoms with Crippen molar-refractivity contribution in [2.45, 2.75) is 45.4 Å². The molecule has 0 saturated heterocycles. The second kappa shape index (κ2) is 11.1. The van der Waals surface area contributed by atoms with E-state index in [4.69, 9.17) is 4.74 Å². The third-order valence-electron chi connectivity index (χ3n) is 5.14. The lowest BCUT2D eigenvalue weighted by Crippen LogP contribution is -2.49. The van der Waals surface area contributed by atoms with E-state index in [0.717, 1.165) is 12.8 Å². The largest absolute Gasteiger partial charge is 0.493 e. The summed E-state index contributed by atoms with van der Waals surface area (Å²) in [5, 5.41) is 4.84. The molecule has 1 atom stereocenters. The zero-order valence-corrected chi connectivity index (χ0v) is 18.8. The molecule has 6 nitrogen and oxygen atoms in total. The van der Waals surface area contributed by atoms with Gasteiger partial charge in [0.05, 0.1) is 7.11 Å². The molecule has 0 saturated carbocycles. The minimum atomic E-state index is -2.96. The Morgan fingerprint density at radius 2 is 2.09 bits per heavy atom. The highest BCUT2D eigenvalue weighted by atomic mass is 32.1. The maximum absolute atomic E-state index is 13.0. The third kappa shape index (κ3) is 6.06. The summed E-state index contributed by atoms with van der Waals surface area (Å²) in [6.45, 7) is 0.210. The highest BCUT2D eigenvalue weighted by molar-refractivity contribution is 7.10. The normalized spacial score (nSPS) is 14.3. The van der Waals surface area contributed by atoms with Crippen LogP contribution in [0, 0.1) is 0 Å². The lowest BCUT2D eigenvalue weighted by Gasteiger charge is -2.30. The molecule has 1 aromatic heterocycles. The first-order valence-electron chi connectivity index (χ1n) is 10.4. The number of fused-ring (bicyclic) bond motifs is 1. The van der Waals surface area contributed by atoms with Gasteiger partial charge in [0.1, 0.15) is 6.04 Å². The van der Waals surface area contributed by atoms with Crippen LogP contribution in [0.1, 0.15) is 35.8 Å². The first kappa shape index (κ1) is 23.7. The molecule has 0 radical (unpaired) electrons. The Bertz CT molecular complexity index is 977. The number of nitrogens with zero attached hydrogens (tertiary/aromatic N) is 1. The van der Waals surface area contributed by atoms with E-state index in [0.29, 0.717) is 25.1 Å². The van der Waals surface area contributed by atoms with Gasteiger partial charge in [0, 0.05) is 24.0 Å². The van der Waals surface area contributed by atoms with Crippen molar-refractivity contribution in [1.29, 1.82) is 0 Å². The van der Waals surface area contributed by atoms with Crippen molar-refractivity contribution in [1.82, 2.24) is 10.2 Å². The second-order valence-corrected chi connectivity index (χ2v) is 8.35. The molecule has 32 heavy (non-hydrogen) atoms. The van der Waals surface area contributed by atoms with Gasteiger partial charge in [-0.1, -0.05) is 19.4 Å². The van der Waals surface area contributed by atoms with Crippen LogP contribution in [0.25, 0.3) is 6.08 Å². The summed E-state index contributed by atoms with van der Waals surface area (Å²) in [4.78, 5) is 28.6. The summed E-state index contributed by atoms with van der Waals surface area (Å²) in [6, 6.07) is 5.81. The van der Waals surface area contributed by atoms with E-state index >= 15 is 0 Å². The molecule has 0 aliphatic carbocycles. The van der Waals surface area contributed by atoms with Crippen molar-refractivity contribution in [2.75, 3.05) is 13.7 Å². The summed E-state index contributed by atoms with van der Waals surface area (Å²) in [5.74, 6) is -0.449. The maximum Gasteiger partial charge on any atom is 0.387 e. The Kier molecular flexibility index (Phi) is 8.21. The SMILES string of the molecule is CCCC(NC(=O)/C=C/c1ccc(OC(F)F)c(OC)c1)C(=O)N1CCc2sccc2C1. The van der Waals surface area contributed by atoms with Crippen LogP contribution in [0.3, 0.4) is 0 Å². The van der Waals surface area contributed by atoms with Crippen molar-refractivity contribution in [2.24, 2.45) is 0 Å². The average Bonchev–Trinajstić information content (AvgIpc) is 3.25. The van der Waals surface area contributed by atoms with Gasteiger partial charge in [-0.25, -0.2) is 0 Å². The molecule has 1 N–H and O–H groups in total. The molecule has 2 heterocycles. The number of hydrogen-bond acceptors (Lipinski definition) is 5. The van der Waals surface area contributed by atoms with E-state index in [1.54, 1.807) is 16.2 Å². The highest BCUT2D eigenvalue weighted by Gasteiger charge is 2.28. The molecule has 1 unspecified atom stereocenters. The van der Waals surface area contributed by atoms with Gasteiger partial charge in [0.25, 0.3) is 0 Å². The molecule has 9 heteroatoms. The molecule has 0 fully saturated rings. The number of methoxy groups -OCH3 is 1. The number of alkyl halides is 2. The quantitative estimate of drug-likeness (QED) is 0.564. The first-order valence-corrected chi connectivity index (χ1v) is 11.2. The standard InChI is InChI=1S/C23H26F2N2O4S/c1-3-4-17(22(29)27-11-9-20-16(14-27)10-12-32-20)26-21(28)8-6-15-5-7-18(31-23(24)25)19(13-15)30-2/h5-8,10,12-13,17,23H,3-4,9,11,14H2,1-2H3,(H,26,28)/b8-6+. The van der Waals surface area contributed by atoms with Crippen LogP contribution in [0.2, 0.25) is 0 Å². The van der Waals surface area contributed by atoms with Crippen LogP contribution >= 0.6 is 11.3 Å². The molecular weight excluding hydrogens is 438 g/mol.